The minimum atomic E-state index is -0.236. The number of rotatable bonds is 3. The van der Waals surface area contributed by atoms with Crippen LogP contribution in [-0.4, -0.2) is 16.1 Å². The normalized spacial score (nSPS) is 9.95. The Morgan fingerprint density at radius 1 is 1.19 bits per heavy atom. The fourth-order valence-corrected chi connectivity index (χ4v) is 2.11. The number of carbonyl (C=O) groups excluding carboxylic acids is 1. The molecular formula is C15H13ClN2O2S. The first-order chi connectivity index (χ1) is 10.0. The molecule has 4 nitrogen and oxygen atoms in total. The first-order valence-corrected chi connectivity index (χ1v) is 6.96. The molecule has 1 amide bonds. The van der Waals surface area contributed by atoms with Crippen molar-refractivity contribution in [3.05, 3.63) is 59.1 Å². The fourth-order valence-electron chi connectivity index (χ4n) is 1.71. The highest BCUT2D eigenvalue weighted by Crippen LogP contribution is 2.26. The third-order valence-corrected chi connectivity index (χ3v) is 3.11. The number of anilines is 1. The maximum atomic E-state index is 11.8. The van der Waals surface area contributed by atoms with Crippen LogP contribution in [0.15, 0.2) is 48.5 Å². The third-order valence-electron chi connectivity index (χ3n) is 2.67. The number of hydrogen-bond acceptors (Lipinski definition) is 3. The van der Waals surface area contributed by atoms with Gasteiger partial charge in [-0.05, 0) is 36.0 Å². The van der Waals surface area contributed by atoms with E-state index in [1.807, 2.05) is 30.3 Å². The Hall–Kier alpha value is -2.11. The van der Waals surface area contributed by atoms with Crippen LogP contribution in [0.2, 0.25) is 5.02 Å². The summed E-state index contributed by atoms with van der Waals surface area (Å²) < 4.78 is 0. The van der Waals surface area contributed by atoms with Crippen molar-refractivity contribution in [1.29, 1.82) is 0 Å². The Labute approximate surface area is 132 Å². The third kappa shape index (κ3) is 4.73. The summed E-state index contributed by atoms with van der Waals surface area (Å²) in [7, 11) is 0. The van der Waals surface area contributed by atoms with E-state index in [1.54, 1.807) is 6.07 Å². The number of nitrogens with one attached hydrogen (secondary N) is 2. The van der Waals surface area contributed by atoms with Gasteiger partial charge in [-0.1, -0.05) is 41.9 Å². The monoisotopic (exact) mass is 320 g/mol. The average Bonchev–Trinajstić information content (AvgIpc) is 2.43. The predicted octanol–water partition coefficient (Wildman–Crippen LogP) is 3.10. The number of benzene rings is 2. The summed E-state index contributed by atoms with van der Waals surface area (Å²) in [6, 6.07) is 13.9. The zero-order valence-electron chi connectivity index (χ0n) is 11.0. The van der Waals surface area contributed by atoms with Gasteiger partial charge in [-0.3, -0.25) is 4.79 Å². The molecule has 108 valence electrons. The van der Waals surface area contributed by atoms with Crippen LogP contribution in [0.4, 0.5) is 5.69 Å². The lowest BCUT2D eigenvalue weighted by atomic mass is 10.1. The fraction of sp³-hybridized carbons (Fsp3) is 0.0667. The summed E-state index contributed by atoms with van der Waals surface area (Å²) in [4.78, 5) is 11.8. The van der Waals surface area contributed by atoms with Crippen molar-refractivity contribution in [3.63, 3.8) is 0 Å². The van der Waals surface area contributed by atoms with E-state index >= 15 is 0 Å². The molecule has 0 fully saturated rings. The standard InChI is InChI=1S/C15H13ClN2O2S/c16-11-6-7-13(19)12(9-11)17-15(21)18-14(20)8-10-4-2-1-3-5-10/h1-7,9,19H,8H2,(H2,17,18,20,21). The highest BCUT2D eigenvalue weighted by Gasteiger charge is 2.08. The molecule has 2 aromatic rings. The predicted molar refractivity (Wildman–Crippen MR) is 87.6 cm³/mol. The van der Waals surface area contributed by atoms with Gasteiger partial charge in [0.15, 0.2) is 5.11 Å². The van der Waals surface area contributed by atoms with Gasteiger partial charge in [0.25, 0.3) is 0 Å². The smallest absolute Gasteiger partial charge is 0.230 e. The number of hydrogen-bond donors (Lipinski definition) is 3. The van der Waals surface area contributed by atoms with Crippen molar-refractivity contribution >= 4 is 40.5 Å². The van der Waals surface area contributed by atoms with Gasteiger partial charge in [-0.15, -0.1) is 0 Å². The van der Waals surface area contributed by atoms with E-state index in [0.29, 0.717) is 10.7 Å². The number of carbonyl (C=O) groups is 1. The Kier molecular flexibility index (Phi) is 5.14. The van der Waals surface area contributed by atoms with Crippen molar-refractivity contribution in [1.82, 2.24) is 5.32 Å². The SMILES string of the molecule is O=C(Cc1ccccc1)NC(=S)Nc1cc(Cl)ccc1O. The van der Waals surface area contributed by atoms with Gasteiger partial charge >= 0.3 is 0 Å². The summed E-state index contributed by atoms with van der Waals surface area (Å²) in [6.07, 6.45) is 0.226. The molecule has 0 heterocycles. The van der Waals surface area contributed by atoms with Crippen molar-refractivity contribution in [2.45, 2.75) is 6.42 Å². The lowest BCUT2D eigenvalue weighted by molar-refractivity contribution is -0.119. The van der Waals surface area contributed by atoms with E-state index < -0.39 is 0 Å². The summed E-state index contributed by atoms with van der Waals surface area (Å²) >= 11 is 10.9. The molecule has 0 saturated heterocycles. The first-order valence-electron chi connectivity index (χ1n) is 6.18. The van der Waals surface area contributed by atoms with Gasteiger partial charge in [-0.2, -0.15) is 0 Å². The van der Waals surface area contributed by atoms with E-state index in [1.165, 1.54) is 12.1 Å². The molecule has 0 spiro atoms. The second-order valence-corrected chi connectivity index (χ2v) is 5.17. The first kappa shape index (κ1) is 15.3. The zero-order chi connectivity index (χ0) is 15.2. The molecule has 2 rings (SSSR count). The van der Waals surface area contributed by atoms with E-state index in [9.17, 15) is 9.90 Å². The number of aromatic hydroxyl groups is 1. The van der Waals surface area contributed by atoms with E-state index in [0.717, 1.165) is 5.56 Å². The maximum Gasteiger partial charge on any atom is 0.230 e. The number of thiocarbonyl (C=S) groups is 1. The summed E-state index contributed by atoms with van der Waals surface area (Å²) in [5.41, 5.74) is 1.23. The van der Waals surface area contributed by atoms with Gasteiger partial charge in [0, 0.05) is 5.02 Å². The van der Waals surface area contributed by atoms with Crippen LogP contribution in [0.1, 0.15) is 5.56 Å². The Morgan fingerprint density at radius 2 is 1.90 bits per heavy atom. The Bertz CT molecular complexity index is 662. The van der Waals surface area contributed by atoms with Crippen molar-refractivity contribution < 1.29 is 9.90 Å². The number of phenolic OH excluding ortho intramolecular Hbond substituents is 1. The second kappa shape index (κ2) is 7.06. The molecule has 6 heteroatoms. The maximum absolute atomic E-state index is 11.8. The van der Waals surface area contributed by atoms with Crippen molar-refractivity contribution in [2.75, 3.05) is 5.32 Å². The molecule has 0 aliphatic heterocycles. The number of halogens is 1. The average molecular weight is 321 g/mol. The Morgan fingerprint density at radius 3 is 2.62 bits per heavy atom. The van der Waals surface area contributed by atoms with Crippen LogP contribution < -0.4 is 10.6 Å². The molecule has 0 aliphatic rings. The van der Waals surface area contributed by atoms with E-state index in [-0.39, 0.29) is 23.2 Å². The number of phenols is 1. The van der Waals surface area contributed by atoms with Gasteiger partial charge in [0.2, 0.25) is 5.91 Å². The topological polar surface area (TPSA) is 61.4 Å². The molecule has 0 unspecified atom stereocenters. The van der Waals surface area contributed by atoms with Gasteiger partial charge < -0.3 is 15.7 Å². The molecule has 2 aromatic carbocycles. The molecule has 0 saturated carbocycles. The van der Waals surface area contributed by atoms with Gasteiger partial charge in [0.05, 0.1) is 12.1 Å². The van der Waals surface area contributed by atoms with Crippen molar-refractivity contribution in [3.8, 4) is 5.75 Å². The summed E-state index contributed by atoms with van der Waals surface area (Å²) in [5.74, 6) is -0.237. The molecule has 3 N–H and O–H groups in total. The molecular weight excluding hydrogens is 308 g/mol. The quantitative estimate of drug-likeness (QED) is 0.601. The molecule has 0 bridgehead atoms. The minimum Gasteiger partial charge on any atom is -0.506 e. The molecule has 0 aromatic heterocycles. The van der Waals surface area contributed by atoms with Gasteiger partial charge in [0.1, 0.15) is 5.75 Å². The number of amides is 1. The minimum absolute atomic E-state index is 0.000872. The second-order valence-electron chi connectivity index (χ2n) is 4.33. The van der Waals surface area contributed by atoms with E-state index in [2.05, 4.69) is 10.6 Å². The highest BCUT2D eigenvalue weighted by molar-refractivity contribution is 7.80. The highest BCUT2D eigenvalue weighted by atomic mass is 35.5. The lowest BCUT2D eigenvalue weighted by Crippen LogP contribution is -2.35. The zero-order valence-corrected chi connectivity index (χ0v) is 12.5. The van der Waals surface area contributed by atoms with Crippen LogP contribution in [0.5, 0.6) is 5.75 Å². The molecule has 0 aliphatic carbocycles. The van der Waals surface area contributed by atoms with E-state index in [4.69, 9.17) is 23.8 Å². The summed E-state index contributed by atoms with van der Waals surface area (Å²) in [6.45, 7) is 0. The van der Waals surface area contributed by atoms with Gasteiger partial charge in [-0.25, -0.2) is 0 Å². The van der Waals surface area contributed by atoms with Crippen LogP contribution in [0.25, 0.3) is 0 Å². The van der Waals surface area contributed by atoms with Crippen LogP contribution in [0.3, 0.4) is 0 Å². The lowest BCUT2D eigenvalue weighted by Gasteiger charge is -2.11. The Balaban J connectivity index is 1.92. The molecule has 0 radical (unpaired) electrons. The van der Waals surface area contributed by atoms with Crippen LogP contribution in [0, 0.1) is 0 Å². The summed E-state index contributed by atoms with van der Waals surface area (Å²) in [5, 5.41) is 15.5. The molecule has 0 atom stereocenters. The largest absolute Gasteiger partial charge is 0.506 e. The van der Waals surface area contributed by atoms with Crippen molar-refractivity contribution in [2.24, 2.45) is 0 Å². The van der Waals surface area contributed by atoms with Crippen LogP contribution in [-0.2, 0) is 11.2 Å². The van der Waals surface area contributed by atoms with Crippen LogP contribution >= 0.6 is 23.8 Å². The molecule has 21 heavy (non-hydrogen) atoms.